The van der Waals surface area contributed by atoms with Crippen molar-refractivity contribution in [2.24, 2.45) is 4.99 Å². The van der Waals surface area contributed by atoms with E-state index >= 15 is 0 Å². The molecular formula is C15H30N4O3. The minimum absolute atomic E-state index is 0.0667. The van der Waals surface area contributed by atoms with Gasteiger partial charge in [0.2, 0.25) is 5.91 Å². The molecule has 1 rings (SSSR count). The van der Waals surface area contributed by atoms with Gasteiger partial charge in [0.05, 0.1) is 12.7 Å². The molecule has 1 fully saturated rings. The lowest BCUT2D eigenvalue weighted by Gasteiger charge is -2.13. The molecule has 1 unspecified atom stereocenters. The molecule has 1 heterocycles. The molecule has 1 atom stereocenters. The van der Waals surface area contributed by atoms with Crippen LogP contribution in [0.15, 0.2) is 4.99 Å². The van der Waals surface area contributed by atoms with Gasteiger partial charge in [-0.15, -0.1) is 0 Å². The summed E-state index contributed by atoms with van der Waals surface area (Å²) in [6.07, 6.45) is 3.58. The summed E-state index contributed by atoms with van der Waals surface area (Å²) in [6.45, 7) is 6.38. The summed E-state index contributed by atoms with van der Waals surface area (Å²) in [5, 5.41) is 9.18. The third-order valence-electron chi connectivity index (χ3n) is 3.30. The van der Waals surface area contributed by atoms with Gasteiger partial charge in [-0.25, -0.2) is 0 Å². The zero-order chi connectivity index (χ0) is 16.0. The van der Waals surface area contributed by atoms with Crippen LogP contribution in [0.3, 0.4) is 0 Å². The lowest BCUT2D eigenvalue weighted by atomic mass is 10.3. The van der Waals surface area contributed by atoms with Gasteiger partial charge in [-0.2, -0.15) is 0 Å². The Bertz CT molecular complexity index is 331. The van der Waals surface area contributed by atoms with Gasteiger partial charge in [0.25, 0.3) is 0 Å². The second kappa shape index (κ2) is 12.2. The second-order valence-electron chi connectivity index (χ2n) is 5.24. The number of guanidine groups is 1. The van der Waals surface area contributed by atoms with Gasteiger partial charge in [0.1, 0.15) is 0 Å². The predicted molar refractivity (Wildman–Crippen MR) is 87.1 cm³/mol. The Morgan fingerprint density at radius 1 is 1.27 bits per heavy atom. The zero-order valence-electron chi connectivity index (χ0n) is 13.8. The Morgan fingerprint density at radius 2 is 2.09 bits per heavy atom. The molecule has 1 amide bonds. The Kier molecular flexibility index (Phi) is 10.4. The maximum absolute atomic E-state index is 11.5. The Labute approximate surface area is 133 Å². The second-order valence-corrected chi connectivity index (χ2v) is 5.24. The highest BCUT2D eigenvalue weighted by molar-refractivity contribution is 5.81. The van der Waals surface area contributed by atoms with E-state index in [-0.39, 0.29) is 12.0 Å². The predicted octanol–water partition coefficient (Wildman–Crippen LogP) is 0.263. The number of carbonyl (C=O) groups excluding carboxylic acids is 1. The first-order valence-corrected chi connectivity index (χ1v) is 8.16. The summed E-state index contributed by atoms with van der Waals surface area (Å²) in [6, 6.07) is 0. The van der Waals surface area contributed by atoms with Gasteiger partial charge in [0, 0.05) is 46.3 Å². The fraction of sp³-hybridized carbons (Fsp3) is 0.867. The number of hydrogen-bond acceptors (Lipinski definition) is 4. The number of carbonyl (C=O) groups is 1. The number of nitrogens with one attached hydrogen (secondary N) is 3. The van der Waals surface area contributed by atoms with Gasteiger partial charge in [-0.1, -0.05) is 6.92 Å². The quantitative estimate of drug-likeness (QED) is 0.306. The first-order chi connectivity index (χ1) is 10.8. The lowest BCUT2D eigenvalue weighted by molar-refractivity contribution is -0.120. The first kappa shape index (κ1) is 18.7. The Morgan fingerprint density at radius 3 is 2.77 bits per heavy atom. The third kappa shape index (κ3) is 8.84. The first-order valence-electron chi connectivity index (χ1n) is 8.16. The lowest BCUT2D eigenvalue weighted by Crippen LogP contribution is -2.40. The average Bonchev–Trinajstić information content (AvgIpc) is 3.04. The zero-order valence-corrected chi connectivity index (χ0v) is 13.8. The van der Waals surface area contributed by atoms with Gasteiger partial charge < -0.3 is 25.4 Å². The van der Waals surface area contributed by atoms with E-state index in [1.807, 2.05) is 6.92 Å². The molecule has 7 heteroatoms. The van der Waals surface area contributed by atoms with E-state index in [0.717, 1.165) is 52.2 Å². The summed E-state index contributed by atoms with van der Waals surface area (Å²) in [7, 11) is 1.72. The highest BCUT2D eigenvalue weighted by Crippen LogP contribution is 2.07. The number of rotatable bonds is 10. The molecule has 22 heavy (non-hydrogen) atoms. The summed E-state index contributed by atoms with van der Waals surface area (Å²) in [5.41, 5.74) is 0. The number of hydrogen-bond donors (Lipinski definition) is 3. The van der Waals surface area contributed by atoms with Crippen molar-refractivity contribution >= 4 is 11.9 Å². The van der Waals surface area contributed by atoms with Crippen molar-refractivity contribution < 1.29 is 14.3 Å². The van der Waals surface area contributed by atoms with Gasteiger partial charge >= 0.3 is 0 Å². The van der Waals surface area contributed by atoms with Gasteiger partial charge in [-0.3, -0.25) is 9.79 Å². The number of ether oxygens (including phenoxy) is 2. The van der Waals surface area contributed by atoms with Crippen LogP contribution < -0.4 is 16.0 Å². The molecule has 0 aromatic rings. The van der Waals surface area contributed by atoms with Crippen molar-refractivity contribution in [1.82, 2.24) is 16.0 Å². The summed E-state index contributed by atoms with van der Waals surface area (Å²) < 4.78 is 10.9. The molecule has 0 bridgehead atoms. The molecule has 7 nitrogen and oxygen atoms in total. The molecule has 0 aliphatic carbocycles. The minimum Gasteiger partial charge on any atom is -0.379 e. The van der Waals surface area contributed by atoms with Crippen molar-refractivity contribution in [2.75, 3.05) is 46.5 Å². The van der Waals surface area contributed by atoms with E-state index in [0.29, 0.717) is 18.9 Å². The smallest absolute Gasteiger partial charge is 0.221 e. The maximum atomic E-state index is 11.5. The van der Waals surface area contributed by atoms with Crippen molar-refractivity contribution in [3.05, 3.63) is 0 Å². The number of aliphatic imine (C=N–C) groups is 1. The molecule has 1 aliphatic rings. The monoisotopic (exact) mass is 314 g/mol. The molecular weight excluding hydrogens is 284 g/mol. The highest BCUT2D eigenvalue weighted by atomic mass is 16.5. The molecule has 0 aromatic heterocycles. The molecule has 1 aliphatic heterocycles. The highest BCUT2D eigenvalue weighted by Gasteiger charge is 2.15. The van der Waals surface area contributed by atoms with E-state index in [9.17, 15) is 4.79 Å². The van der Waals surface area contributed by atoms with Crippen molar-refractivity contribution in [1.29, 1.82) is 0 Å². The minimum atomic E-state index is 0.0667. The standard InChI is InChI=1S/C15H30N4O3/c1-3-7-17-14(20)5-9-19-15(16-2)18-8-4-10-22-13-6-11-21-12-13/h13H,3-12H2,1-2H3,(H,17,20)(H2,16,18,19). The van der Waals surface area contributed by atoms with Crippen LogP contribution in [-0.2, 0) is 14.3 Å². The number of amides is 1. The maximum Gasteiger partial charge on any atom is 0.221 e. The molecule has 1 saturated heterocycles. The van der Waals surface area contributed by atoms with Crippen LogP contribution in [-0.4, -0.2) is 64.5 Å². The summed E-state index contributed by atoms with van der Waals surface area (Å²) >= 11 is 0. The normalized spacial score (nSPS) is 18.3. The molecule has 0 spiro atoms. The SMILES string of the molecule is CCCNC(=O)CCNC(=NC)NCCCOC1CCOC1. The third-order valence-corrected chi connectivity index (χ3v) is 3.30. The molecule has 3 N–H and O–H groups in total. The van der Waals surface area contributed by atoms with Crippen LogP contribution in [0.2, 0.25) is 0 Å². The van der Waals surface area contributed by atoms with Crippen LogP contribution in [0, 0.1) is 0 Å². The summed E-state index contributed by atoms with van der Waals surface area (Å²) in [4.78, 5) is 15.6. The van der Waals surface area contributed by atoms with Crippen LogP contribution >= 0.6 is 0 Å². The Balaban J connectivity index is 1.98. The molecule has 0 radical (unpaired) electrons. The topological polar surface area (TPSA) is 84.0 Å². The van der Waals surface area contributed by atoms with Crippen molar-refractivity contribution in [3.8, 4) is 0 Å². The van der Waals surface area contributed by atoms with E-state index in [1.165, 1.54) is 0 Å². The van der Waals surface area contributed by atoms with Crippen molar-refractivity contribution in [2.45, 2.75) is 38.7 Å². The Hall–Kier alpha value is -1.34. The summed E-state index contributed by atoms with van der Waals surface area (Å²) in [5.74, 6) is 0.782. The largest absolute Gasteiger partial charge is 0.379 e. The van der Waals surface area contributed by atoms with Crippen LogP contribution in [0.5, 0.6) is 0 Å². The molecule has 0 aromatic carbocycles. The van der Waals surface area contributed by atoms with E-state index in [1.54, 1.807) is 7.05 Å². The van der Waals surface area contributed by atoms with E-state index in [2.05, 4.69) is 20.9 Å². The van der Waals surface area contributed by atoms with Crippen LogP contribution in [0.1, 0.15) is 32.6 Å². The van der Waals surface area contributed by atoms with Crippen LogP contribution in [0.4, 0.5) is 0 Å². The van der Waals surface area contributed by atoms with Crippen LogP contribution in [0.25, 0.3) is 0 Å². The van der Waals surface area contributed by atoms with Gasteiger partial charge in [-0.05, 0) is 19.3 Å². The fourth-order valence-electron chi connectivity index (χ4n) is 2.04. The molecule has 0 saturated carbocycles. The van der Waals surface area contributed by atoms with E-state index < -0.39 is 0 Å². The van der Waals surface area contributed by atoms with E-state index in [4.69, 9.17) is 9.47 Å². The average molecular weight is 314 g/mol. The van der Waals surface area contributed by atoms with Gasteiger partial charge in [0.15, 0.2) is 5.96 Å². The number of nitrogens with zero attached hydrogens (tertiary/aromatic N) is 1. The fourth-order valence-corrected chi connectivity index (χ4v) is 2.04. The van der Waals surface area contributed by atoms with Crippen molar-refractivity contribution in [3.63, 3.8) is 0 Å². The molecule has 128 valence electrons.